The molecule has 1 unspecified atom stereocenters. The fourth-order valence-electron chi connectivity index (χ4n) is 3.65. The van der Waals surface area contributed by atoms with Crippen molar-refractivity contribution in [2.45, 2.75) is 38.3 Å². The van der Waals surface area contributed by atoms with Crippen LogP contribution >= 0.6 is 11.6 Å². The number of carbonyl (C=O) groups is 2. The number of benzene rings is 2. The second-order valence-electron chi connectivity index (χ2n) is 7.46. The molecule has 0 aromatic heterocycles. The number of hydrogen-bond donors (Lipinski definition) is 1. The smallest absolute Gasteiger partial charge is 0.251 e. The summed E-state index contributed by atoms with van der Waals surface area (Å²) in [5.41, 5.74) is 2.80. The lowest BCUT2D eigenvalue weighted by Crippen LogP contribution is -2.30. The number of amides is 2. The largest absolute Gasteiger partial charge is 0.345 e. The monoisotopic (exact) mass is 382 g/mol. The van der Waals surface area contributed by atoms with E-state index in [1.807, 2.05) is 53.4 Å². The van der Waals surface area contributed by atoms with E-state index in [4.69, 9.17) is 11.6 Å². The van der Waals surface area contributed by atoms with Crippen LogP contribution in [0.4, 0.5) is 0 Å². The molecule has 1 saturated heterocycles. The molecule has 2 aromatic carbocycles. The third-order valence-electron chi connectivity index (χ3n) is 5.37. The summed E-state index contributed by atoms with van der Waals surface area (Å²) in [4.78, 5) is 26.4. The molecule has 2 aliphatic rings. The van der Waals surface area contributed by atoms with Gasteiger partial charge in [-0.15, -0.1) is 0 Å². The van der Waals surface area contributed by atoms with Gasteiger partial charge in [-0.05, 0) is 60.6 Å². The Kier molecular flexibility index (Phi) is 5.17. The maximum absolute atomic E-state index is 12.7. The van der Waals surface area contributed by atoms with Gasteiger partial charge in [-0.2, -0.15) is 0 Å². The van der Waals surface area contributed by atoms with Crippen LogP contribution in [0.1, 0.15) is 53.2 Å². The van der Waals surface area contributed by atoms with Crippen LogP contribution in [0.5, 0.6) is 0 Å². The predicted molar refractivity (Wildman–Crippen MR) is 105 cm³/mol. The van der Waals surface area contributed by atoms with Crippen molar-refractivity contribution in [1.82, 2.24) is 10.2 Å². The number of rotatable bonds is 6. The molecular formula is C22H23ClN2O2. The van der Waals surface area contributed by atoms with Gasteiger partial charge in [0.1, 0.15) is 0 Å². The highest BCUT2D eigenvalue weighted by molar-refractivity contribution is 6.30. The number of nitrogens with zero attached hydrogens (tertiary/aromatic N) is 1. The van der Waals surface area contributed by atoms with Gasteiger partial charge in [0.25, 0.3) is 5.91 Å². The first-order valence-electron chi connectivity index (χ1n) is 9.53. The van der Waals surface area contributed by atoms with Crippen LogP contribution in [0, 0.1) is 5.92 Å². The summed E-state index contributed by atoms with van der Waals surface area (Å²) in [7, 11) is 0. The van der Waals surface area contributed by atoms with Crippen molar-refractivity contribution in [3.05, 3.63) is 70.2 Å². The Bertz CT molecular complexity index is 828. The summed E-state index contributed by atoms with van der Waals surface area (Å²) in [5.74, 6) is 0.647. The molecule has 1 aliphatic heterocycles. The van der Waals surface area contributed by atoms with Crippen LogP contribution in [0.25, 0.3) is 0 Å². The molecule has 1 atom stereocenters. The number of carbonyl (C=O) groups excluding carboxylic acids is 2. The van der Waals surface area contributed by atoms with Crippen molar-refractivity contribution in [2.24, 2.45) is 5.92 Å². The second-order valence-corrected chi connectivity index (χ2v) is 7.89. The zero-order valence-electron chi connectivity index (χ0n) is 15.2. The van der Waals surface area contributed by atoms with Gasteiger partial charge in [0.2, 0.25) is 5.91 Å². The van der Waals surface area contributed by atoms with E-state index in [1.165, 1.54) is 0 Å². The van der Waals surface area contributed by atoms with Crippen molar-refractivity contribution in [1.29, 1.82) is 0 Å². The molecule has 2 aromatic rings. The molecule has 140 valence electrons. The van der Waals surface area contributed by atoms with E-state index in [1.54, 1.807) is 0 Å². The van der Waals surface area contributed by atoms with Crippen molar-refractivity contribution in [2.75, 3.05) is 6.54 Å². The molecule has 0 spiro atoms. The molecule has 27 heavy (non-hydrogen) atoms. The van der Waals surface area contributed by atoms with E-state index >= 15 is 0 Å². The molecule has 0 bridgehead atoms. The topological polar surface area (TPSA) is 49.4 Å². The summed E-state index contributed by atoms with van der Waals surface area (Å²) >= 11 is 5.99. The van der Waals surface area contributed by atoms with Gasteiger partial charge >= 0.3 is 0 Å². The van der Waals surface area contributed by atoms with Gasteiger partial charge in [0, 0.05) is 30.1 Å². The van der Waals surface area contributed by atoms with Crippen LogP contribution in [0.2, 0.25) is 5.02 Å². The van der Waals surface area contributed by atoms with Gasteiger partial charge in [-0.3, -0.25) is 9.59 Å². The molecular weight excluding hydrogens is 360 g/mol. The van der Waals surface area contributed by atoms with E-state index in [0.29, 0.717) is 29.5 Å². The highest BCUT2D eigenvalue weighted by atomic mass is 35.5. The lowest BCUT2D eigenvalue weighted by atomic mass is 10.0. The minimum absolute atomic E-state index is 0.0247. The molecule has 1 N–H and O–H groups in total. The summed E-state index contributed by atoms with van der Waals surface area (Å²) in [6.45, 7) is 1.45. The molecule has 1 heterocycles. The highest BCUT2D eigenvalue weighted by Crippen LogP contribution is 2.41. The normalized spacial score (nSPS) is 17.8. The maximum atomic E-state index is 12.7. The Balaban J connectivity index is 1.42. The molecule has 2 fully saturated rings. The van der Waals surface area contributed by atoms with Gasteiger partial charge in [0.05, 0.1) is 6.04 Å². The Morgan fingerprint density at radius 1 is 1.11 bits per heavy atom. The van der Waals surface area contributed by atoms with Gasteiger partial charge < -0.3 is 10.2 Å². The van der Waals surface area contributed by atoms with E-state index in [-0.39, 0.29) is 17.9 Å². The Morgan fingerprint density at radius 2 is 1.81 bits per heavy atom. The van der Waals surface area contributed by atoms with Gasteiger partial charge in [0.15, 0.2) is 0 Å². The molecule has 4 nitrogen and oxygen atoms in total. The lowest BCUT2D eigenvalue weighted by Gasteiger charge is -2.19. The first kappa shape index (κ1) is 18.1. The Morgan fingerprint density at radius 3 is 2.41 bits per heavy atom. The molecule has 1 saturated carbocycles. The molecule has 4 rings (SSSR count). The quantitative estimate of drug-likeness (QED) is 0.807. The standard InChI is InChI=1S/C22H23ClN2O2/c23-19-11-9-17(10-12-19)21(16-7-8-16)24-22(27)18-5-3-15(4-6-18)14-25-13-1-2-20(25)26/h3-6,9-12,16,21H,1-2,7-8,13-14H2,(H,24,27). The van der Waals surface area contributed by atoms with Crippen molar-refractivity contribution < 1.29 is 9.59 Å². The fourth-order valence-corrected chi connectivity index (χ4v) is 3.78. The van der Waals surface area contributed by atoms with E-state index in [9.17, 15) is 9.59 Å². The van der Waals surface area contributed by atoms with E-state index in [2.05, 4.69) is 5.32 Å². The average Bonchev–Trinajstić information content (AvgIpc) is 3.44. The summed E-state index contributed by atoms with van der Waals surface area (Å²) in [6, 6.07) is 15.3. The minimum atomic E-state index is -0.0642. The Labute approximate surface area is 164 Å². The first-order valence-corrected chi connectivity index (χ1v) is 9.91. The molecule has 2 amide bonds. The Hall–Kier alpha value is -2.33. The van der Waals surface area contributed by atoms with Crippen molar-refractivity contribution in [3.8, 4) is 0 Å². The fraction of sp³-hybridized carbons (Fsp3) is 0.364. The second kappa shape index (κ2) is 7.73. The number of nitrogens with one attached hydrogen (secondary N) is 1. The van der Waals surface area contributed by atoms with Crippen LogP contribution in [-0.2, 0) is 11.3 Å². The first-order chi connectivity index (χ1) is 13.1. The predicted octanol–water partition coefficient (Wildman–Crippen LogP) is 4.34. The van der Waals surface area contributed by atoms with Crippen molar-refractivity contribution >= 4 is 23.4 Å². The van der Waals surface area contributed by atoms with E-state index in [0.717, 1.165) is 36.9 Å². The number of hydrogen-bond acceptors (Lipinski definition) is 2. The molecule has 0 radical (unpaired) electrons. The molecule has 5 heteroatoms. The van der Waals surface area contributed by atoms with Crippen LogP contribution in [0.3, 0.4) is 0 Å². The summed E-state index contributed by atoms with van der Waals surface area (Å²) in [5, 5.41) is 3.88. The number of likely N-dealkylation sites (tertiary alicyclic amines) is 1. The third kappa shape index (κ3) is 4.33. The van der Waals surface area contributed by atoms with E-state index < -0.39 is 0 Å². The zero-order valence-corrected chi connectivity index (χ0v) is 15.9. The zero-order chi connectivity index (χ0) is 18.8. The van der Waals surface area contributed by atoms with Crippen LogP contribution < -0.4 is 5.32 Å². The number of halogens is 1. The van der Waals surface area contributed by atoms with Gasteiger partial charge in [-0.25, -0.2) is 0 Å². The average molecular weight is 383 g/mol. The summed E-state index contributed by atoms with van der Waals surface area (Å²) in [6.07, 6.45) is 3.85. The lowest BCUT2D eigenvalue weighted by molar-refractivity contribution is -0.128. The van der Waals surface area contributed by atoms with Gasteiger partial charge in [-0.1, -0.05) is 35.9 Å². The minimum Gasteiger partial charge on any atom is -0.345 e. The maximum Gasteiger partial charge on any atom is 0.251 e. The third-order valence-corrected chi connectivity index (χ3v) is 5.62. The highest BCUT2D eigenvalue weighted by Gasteiger charge is 2.33. The molecule has 1 aliphatic carbocycles. The van der Waals surface area contributed by atoms with Crippen molar-refractivity contribution in [3.63, 3.8) is 0 Å². The van der Waals surface area contributed by atoms with Crippen LogP contribution in [-0.4, -0.2) is 23.3 Å². The van der Waals surface area contributed by atoms with Crippen LogP contribution in [0.15, 0.2) is 48.5 Å². The SMILES string of the molecule is O=C(NC(c1ccc(Cl)cc1)C1CC1)c1ccc(CN2CCCC2=O)cc1. The summed E-state index contributed by atoms with van der Waals surface area (Å²) < 4.78 is 0.